The maximum atomic E-state index is 13.1. The number of hydrogen-bond donors (Lipinski definition) is 1. The van der Waals surface area contributed by atoms with Crippen molar-refractivity contribution in [2.75, 3.05) is 63.2 Å². The van der Waals surface area contributed by atoms with Crippen molar-refractivity contribution in [1.29, 1.82) is 0 Å². The van der Waals surface area contributed by atoms with Crippen LogP contribution in [0.2, 0.25) is 0 Å². The summed E-state index contributed by atoms with van der Waals surface area (Å²) in [4.78, 5) is 20.0. The molecule has 0 unspecified atom stereocenters. The lowest BCUT2D eigenvalue weighted by molar-refractivity contribution is 0.313. The predicted octanol–water partition coefficient (Wildman–Crippen LogP) is 3.92. The van der Waals surface area contributed by atoms with Crippen LogP contribution in [-0.4, -0.2) is 63.4 Å². The van der Waals surface area contributed by atoms with E-state index in [2.05, 4.69) is 33.9 Å². The van der Waals surface area contributed by atoms with E-state index in [1.807, 2.05) is 12.1 Å². The van der Waals surface area contributed by atoms with Gasteiger partial charge in [-0.15, -0.1) is 0 Å². The first kappa shape index (κ1) is 21.6. The number of nitrogens with zero attached hydrogens (tertiary/aromatic N) is 3. The van der Waals surface area contributed by atoms with Crippen LogP contribution in [0.1, 0.15) is 19.3 Å². The smallest absolute Gasteiger partial charge is 0.197 e. The molecule has 3 aromatic rings. The normalized spacial score (nSPS) is 17.5. The second-order valence-corrected chi connectivity index (χ2v) is 9.01. The standard InChI is InChI=1S/C26H31N3O4/c1-27-12-14-28(15-13-27)19-8-6-18(7-9-19)22-16-20(30)24-21(31)17-23(32-2)25(26(24)33-22)29-10-4-3-5-11-29/h6-9,16-17,31H,3-5,10-15H2,1-2H3. The van der Waals surface area contributed by atoms with Crippen molar-refractivity contribution >= 4 is 22.3 Å². The molecule has 0 saturated carbocycles. The number of likely N-dealkylation sites (N-methyl/N-ethyl adjacent to an activating group) is 1. The Hall–Kier alpha value is -3.19. The molecule has 2 aromatic carbocycles. The van der Waals surface area contributed by atoms with Crippen LogP contribution in [-0.2, 0) is 0 Å². The molecule has 3 heterocycles. The van der Waals surface area contributed by atoms with Crippen molar-refractivity contribution in [2.24, 2.45) is 0 Å². The van der Waals surface area contributed by atoms with E-state index in [0.29, 0.717) is 17.1 Å². The van der Waals surface area contributed by atoms with Crippen molar-refractivity contribution in [1.82, 2.24) is 4.90 Å². The lowest BCUT2D eigenvalue weighted by Gasteiger charge is -2.34. The molecule has 0 atom stereocenters. The van der Waals surface area contributed by atoms with E-state index < -0.39 is 0 Å². The molecule has 2 aliphatic heterocycles. The Bertz CT molecular complexity index is 1190. The van der Waals surface area contributed by atoms with Crippen LogP contribution in [0.5, 0.6) is 11.5 Å². The highest BCUT2D eigenvalue weighted by molar-refractivity contribution is 5.97. The van der Waals surface area contributed by atoms with Gasteiger partial charge in [0.05, 0.1) is 7.11 Å². The Morgan fingerprint density at radius 2 is 1.61 bits per heavy atom. The minimum absolute atomic E-state index is 0.117. The summed E-state index contributed by atoms with van der Waals surface area (Å²) in [5.41, 5.74) is 2.88. The van der Waals surface area contributed by atoms with Crippen molar-refractivity contribution in [2.45, 2.75) is 19.3 Å². The Labute approximate surface area is 193 Å². The summed E-state index contributed by atoms with van der Waals surface area (Å²) in [7, 11) is 3.72. The van der Waals surface area contributed by atoms with Crippen molar-refractivity contribution in [3.05, 3.63) is 46.6 Å². The number of fused-ring (bicyclic) bond motifs is 1. The van der Waals surface area contributed by atoms with Gasteiger partial charge in [0.15, 0.2) is 11.0 Å². The number of hydrogen-bond acceptors (Lipinski definition) is 7. The molecular formula is C26H31N3O4. The van der Waals surface area contributed by atoms with E-state index in [0.717, 1.165) is 63.4 Å². The summed E-state index contributed by atoms with van der Waals surface area (Å²) in [6.07, 6.45) is 3.33. The van der Waals surface area contributed by atoms with E-state index in [4.69, 9.17) is 9.15 Å². The van der Waals surface area contributed by atoms with Crippen LogP contribution in [0.3, 0.4) is 0 Å². The molecule has 0 spiro atoms. The van der Waals surface area contributed by atoms with Crippen LogP contribution in [0.15, 0.2) is 45.6 Å². The first-order valence-electron chi connectivity index (χ1n) is 11.7. The average Bonchev–Trinajstić information content (AvgIpc) is 2.84. The number of aromatic hydroxyl groups is 1. The Morgan fingerprint density at radius 3 is 2.27 bits per heavy atom. The zero-order valence-electron chi connectivity index (χ0n) is 19.3. The number of benzene rings is 2. The van der Waals surface area contributed by atoms with Crippen LogP contribution in [0.4, 0.5) is 11.4 Å². The third-order valence-electron chi connectivity index (χ3n) is 6.83. The van der Waals surface area contributed by atoms with Crippen molar-refractivity contribution < 1.29 is 14.3 Å². The van der Waals surface area contributed by atoms with Crippen LogP contribution in [0, 0.1) is 0 Å². The Balaban J connectivity index is 1.57. The van der Waals surface area contributed by atoms with Gasteiger partial charge < -0.3 is 29.0 Å². The first-order chi connectivity index (χ1) is 16.0. The largest absolute Gasteiger partial charge is 0.507 e. The minimum atomic E-state index is -0.257. The highest BCUT2D eigenvalue weighted by Gasteiger charge is 2.24. The Kier molecular flexibility index (Phi) is 5.89. The van der Waals surface area contributed by atoms with Gasteiger partial charge >= 0.3 is 0 Å². The molecule has 174 valence electrons. The summed E-state index contributed by atoms with van der Waals surface area (Å²) in [6, 6.07) is 11.2. The maximum absolute atomic E-state index is 13.1. The SMILES string of the molecule is COc1cc(O)c2c(=O)cc(-c3ccc(N4CCN(C)CC4)cc3)oc2c1N1CCCCC1. The zero-order chi connectivity index (χ0) is 22.9. The summed E-state index contributed by atoms with van der Waals surface area (Å²) >= 11 is 0. The number of phenols is 1. The fourth-order valence-corrected chi connectivity index (χ4v) is 4.90. The number of piperazine rings is 1. The molecular weight excluding hydrogens is 418 g/mol. The molecule has 33 heavy (non-hydrogen) atoms. The highest BCUT2D eigenvalue weighted by atomic mass is 16.5. The molecule has 1 N–H and O–H groups in total. The number of anilines is 2. The van der Waals surface area contributed by atoms with E-state index >= 15 is 0 Å². The lowest BCUT2D eigenvalue weighted by atomic mass is 10.1. The summed E-state index contributed by atoms with van der Waals surface area (Å²) in [5, 5.41) is 10.8. The molecule has 0 radical (unpaired) electrons. The summed E-state index contributed by atoms with van der Waals surface area (Å²) in [5.74, 6) is 0.893. The van der Waals surface area contributed by atoms with Gasteiger partial charge in [-0.2, -0.15) is 0 Å². The third kappa shape index (κ3) is 4.13. The van der Waals surface area contributed by atoms with E-state index in [1.54, 1.807) is 7.11 Å². The zero-order valence-corrected chi connectivity index (χ0v) is 19.3. The van der Waals surface area contributed by atoms with E-state index in [9.17, 15) is 9.90 Å². The van der Waals surface area contributed by atoms with Crippen molar-refractivity contribution in [3.8, 4) is 22.8 Å². The topological polar surface area (TPSA) is 69.4 Å². The molecule has 2 aliphatic rings. The molecule has 0 aliphatic carbocycles. The summed E-state index contributed by atoms with van der Waals surface area (Å²) < 4.78 is 11.9. The average molecular weight is 450 g/mol. The van der Waals surface area contributed by atoms with Crippen LogP contribution in [0.25, 0.3) is 22.3 Å². The fourth-order valence-electron chi connectivity index (χ4n) is 4.90. The number of ether oxygens (including phenoxy) is 1. The van der Waals surface area contributed by atoms with E-state index in [-0.39, 0.29) is 16.6 Å². The molecule has 7 heteroatoms. The van der Waals surface area contributed by atoms with Gasteiger partial charge in [0.1, 0.15) is 28.3 Å². The van der Waals surface area contributed by atoms with Crippen molar-refractivity contribution in [3.63, 3.8) is 0 Å². The Morgan fingerprint density at radius 1 is 0.909 bits per heavy atom. The molecule has 1 aromatic heterocycles. The molecule has 2 fully saturated rings. The first-order valence-corrected chi connectivity index (χ1v) is 11.7. The molecule has 0 amide bonds. The van der Waals surface area contributed by atoms with Gasteiger partial charge in [-0.05, 0) is 50.6 Å². The second kappa shape index (κ2) is 8.98. The maximum Gasteiger partial charge on any atom is 0.197 e. The molecule has 5 rings (SSSR count). The number of methoxy groups -OCH3 is 1. The minimum Gasteiger partial charge on any atom is -0.507 e. The lowest BCUT2D eigenvalue weighted by Crippen LogP contribution is -2.44. The van der Waals surface area contributed by atoms with Gasteiger partial charge in [0, 0.05) is 62.7 Å². The highest BCUT2D eigenvalue weighted by Crippen LogP contribution is 2.42. The number of piperidine rings is 1. The fraction of sp³-hybridized carbons (Fsp3) is 0.423. The number of rotatable bonds is 4. The second-order valence-electron chi connectivity index (χ2n) is 9.01. The van der Waals surface area contributed by atoms with Gasteiger partial charge in [0.2, 0.25) is 0 Å². The molecule has 0 bridgehead atoms. The van der Waals surface area contributed by atoms with Crippen LogP contribution >= 0.6 is 0 Å². The van der Waals surface area contributed by atoms with Gasteiger partial charge in [-0.25, -0.2) is 0 Å². The third-order valence-corrected chi connectivity index (χ3v) is 6.83. The molecule has 2 saturated heterocycles. The molecule has 7 nitrogen and oxygen atoms in total. The van der Waals surface area contributed by atoms with Crippen LogP contribution < -0.4 is 20.0 Å². The number of phenolic OH excluding ortho intramolecular Hbond substituents is 1. The van der Waals surface area contributed by atoms with Gasteiger partial charge in [-0.3, -0.25) is 4.79 Å². The van der Waals surface area contributed by atoms with Gasteiger partial charge in [-0.1, -0.05) is 0 Å². The monoisotopic (exact) mass is 449 g/mol. The summed E-state index contributed by atoms with van der Waals surface area (Å²) in [6.45, 7) is 5.82. The van der Waals surface area contributed by atoms with Gasteiger partial charge in [0.25, 0.3) is 0 Å². The quantitative estimate of drug-likeness (QED) is 0.647. The predicted molar refractivity (Wildman–Crippen MR) is 132 cm³/mol. The van der Waals surface area contributed by atoms with E-state index in [1.165, 1.54) is 24.2 Å².